The SMILES string of the molecule is CN1CCc2ncc(Br)c(C(=O)O)c2C1. The van der Waals surface area contributed by atoms with Crippen molar-refractivity contribution in [2.45, 2.75) is 13.0 Å². The van der Waals surface area contributed by atoms with Crippen LogP contribution in [0.15, 0.2) is 10.7 Å². The molecule has 0 atom stereocenters. The normalized spacial score (nSPS) is 16.1. The van der Waals surface area contributed by atoms with E-state index >= 15 is 0 Å². The van der Waals surface area contributed by atoms with Gasteiger partial charge in [-0.15, -0.1) is 0 Å². The molecule has 0 aliphatic carbocycles. The number of carbonyl (C=O) groups is 1. The number of aromatic carboxylic acids is 1. The maximum atomic E-state index is 11.1. The van der Waals surface area contributed by atoms with Crippen LogP contribution in [-0.2, 0) is 13.0 Å². The summed E-state index contributed by atoms with van der Waals surface area (Å²) in [5.74, 6) is -0.893. The second-order valence-corrected chi connectivity index (χ2v) is 4.55. The molecule has 1 N–H and O–H groups in total. The van der Waals surface area contributed by atoms with Gasteiger partial charge in [-0.25, -0.2) is 4.79 Å². The van der Waals surface area contributed by atoms with Crippen molar-refractivity contribution < 1.29 is 9.90 Å². The van der Waals surface area contributed by atoms with E-state index in [1.165, 1.54) is 0 Å². The highest BCUT2D eigenvalue weighted by atomic mass is 79.9. The van der Waals surface area contributed by atoms with Gasteiger partial charge in [0, 0.05) is 37.0 Å². The highest BCUT2D eigenvalue weighted by Gasteiger charge is 2.23. The lowest BCUT2D eigenvalue weighted by molar-refractivity contribution is 0.0692. The molecule has 0 saturated heterocycles. The third kappa shape index (κ3) is 1.89. The fourth-order valence-electron chi connectivity index (χ4n) is 1.83. The molecule has 0 bridgehead atoms. The predicted molar refractivity (Wildman–Crippen MR) is 58.9 cm³/mol. The highest BCUT2D eigenvalue weighted by Crippen LogP contribution is 2.26. The Hall–Kier alpha value is -0.940. The summed E-state index contributed by atoms with van der Waals surface area (Å²) in [7, 11) is 1.98. The first-order valence-electron chi connectivity index (χ1n) is 4.67. The van der Waals surface area contributed by atoms with Gasteiger partial charge in [-0.2, -0.15) is 0 Å². The van der Waals surface area contributed by atoms with Gasteiger partial charge in [0.1, 0.15) is 0 Å². The van der Waals surface area contributed by atoms with Gasteiger partial charge in [-0.05, 0) is 23.0 Å². The summed E-state index contributed by atoms with van der Waals surface area (Å²) in [5, 5.41) is 9.13. The lowest BCUT2D eigenvalue weighted by atomic mass is 10.0. The van der Waals surface area contributed by atoms with Crippen molar-refractivity contribution in [2.75, 3.05) is 13.6 Å². The molecule has 2 heterocycles. The number of likely N-dealkylation sites (N-methyl/N-ethyl adjacent to an activating group) is 1. The zero-order valence-electron chi connectivity index (χ0n) is 8.33. The Balaban J connectivity index is 2.57. The van der Waals surface area contributed by atoms with Crippen molar-refractivity contribution in [1.29, 1.82) is 0 Å². The molecular weight excluding hydrogens is 260 g/mol. The molecular formula is C10H11BrN2O2. The van der Waals surface area contributed by atoms with E-state index in [2.05, 4.69) is 25.8 Å². The van der Waals surface area contributed by atoms with Crippen molar-refractivity contribution in [3.8, 4) is 0 Å². The minimum atomic E-state index is -0.893. The van der Waals surface area contributed by atoms with E-state index in [0.29, 0.717) is 16.6 Å². The maximum Gasteiger partial charge on any atom is 0.337 e. The first kappa shape index (κ1) is 10.6. The van der Waals surface area contributed by atoms with E-state index in [-0.39, 0.29) is 0 Å². The molecule has 15 heavy (non-hydrogen) atoms. The highest BCUT2D eigenvalue weighted by molar-refractivity contribution is 9.10. The van der Waals surface area contributed by atoms with Crippen LogP contribution in [0, 0.1) is 0 Å². The molecule has 0 fully saturated rings. The average Bonchev–Trinajstić information content (AvgIpc) is 2.16. The quantitative estimate of drug-likeness (QED) is 0.841. The molecule has 0 saturated carbocycles. The van der Waals surface area contributed by atoms with Crippen LogP contribution in [0.2, 0.25) is 0 Å². The largest absolute Gasteiger partial charge is 0.478 e. The van der Waals surface area contributed by atoms with Crippen LogP contribution in [0.1, 0.15) is 21.6 Å². The number of rotatable bonds is 1. The second kappa shape index (κ2) is 3.90. The number of carboxylic acids is 1. The molecule has 0 radical (unpaired) electrons. The number of aromatic nitrogens is 1. The number of hydrogen-bond acceptors (Lipinski definition) is 3. The number of carboxylic acid groups (broad SMARTS) is 1. The predicted octanol–water partition coefficient (Wildman–Crippen LogP) is 1.53. The third-order valence-corrected chi connectivity index (χ3v) is 3.20. The Morgan fingerprint density at radius 2 is 2.40 bits per heavy atom. The number of nitrogens with zero attached hydrogens (tertiary/aromatic N) is 2. The Labute approximate surface area is 96.1 Å². The summed E-state index contributed by atoms with van der Waals surface area (Å²) in [6.45, 7) is 1.59. The number of pyridine rings is 1. The van der Waals surface area contributed by atoms with Gasteiger partial charge < -0.3 is 10.0 Å². The summed E-state index contributed by atoms with van der Waals surface area (Å²) in [5.41, 5.74) is 2.10. The molecule has 80 valence electrons. The van der Waals surface area contributed by atoms with E-state index in [9.17, 15) is 4.79 Å². The average molecular weight is 271 g/mol. The van der Waals surface area contributed by atoms with Gasteiger partial charge >= 0.3 is 5.97 Å². The van der Waals surface area contributed by atoms with Gasteiger partial charge in [0.05, 0.1) is 10.0 Å². The first-order chi connectivity index (χ1) is 7.09. The van der Waals surface area contributed by atoms with Crippen LogP contribution in [0.5, 0.6) is 0 Å². The van der Waals surface area contributed by atoms with Crippen LogP contribution in [-0.4, -0.2) is 34.6 Å². The summed E-state index contributed by atoms with van der Waals surface area (Å²) < 4.78 is 0.559. The number of fused-ring (bicyclic) bond motifs is 1. The van der Waals surface area contributed by atoms with Crippen molar-refractivity contribution in [3.63, 3.8) is 0 Å². The fraction of sp³-hybridized carbons (Fsp3) is 0.400. The molecule has 4 nitrogen and oxygen atoms in total. The molecule has 1 aromatic rings. The van der Waals surface area contributed by atoms with E-state index < -0.39 is 5.97 Å². The van der Waals surface area contributed by atoms with Crippen LogP contribution in [0.3, 0.4) is 0 Å². The van der Waals surface area contributed by atoms with E-state index in [0.717, 1.165) is 24.2 Å². The van der Waals surface area contributed by atoms with Gasteiger partial charge in [0.2, 0.25) is 0 Å². The molecule has 1 aromatic heterocycles. The van der Waals surface area contributed by atoms with Crippen LogP contribution >= 0.6 is 15.9 Å². The van der Waals surface area contributed by atoms with Gasteiger partial charge in [0.15, 0.2) is 0 Å². The van der Waals surface area contributed by atoms with Crippen molar-refractivity contribution in [1.82, 2.24) is 9.88 Å². The van der Waals surface area contributed by atoms with Crippen molar-refractivity contribution in [2.24, 2.45) is 0 Å². The van der Waals surface area contributed by atoms with Crippen LogP contribution in [0.25, 0.3) is 0 Å². The van der Waals surface area contributed by atoms with Crippen LogP contribution in [0.4, 0.5) is 0 Å². The monoisotopic (exact) mass is 270 g/mol. The fourth-order valence-corrected chi connectivity index (χ4v) is 2.34. The molecule has 0 amide bonds. The topological polar surface area (TPSA) is 53.4 Å². The first-order valence-corrected chi connectivity index (χ1v) is 5.47. The van der Waals surface area contributed by atoms with Crippen molar-refractivity contribution in [3.05, 3.63) is 27.5 Å². The van der Waals surface area contributed by atoms with Gasteiger partial charge in [-0.3, -0.25) is 4.98 Å². The van der Waals surface area contributed by atoms with Gasteiger partial charge in [-0.1, -0.05) is 0 Å². The minimum absolute atomic E-state index is 0.353. The van der Waals surface area contributed by atoms with E-state index in [1.54, 1.807) is 6.20 Å². The standard InChI is InChI=1S/C10H11BrN2O2/c1-13-3-2-8-6(5-13)9(10(14)15)7(11)4-12-8/h4H,2-3,5H2,1H3,(H,14,15). The Morgan fingerprint density at radius 3 is 3.07 bits per heavy atom. The number of halogens is 1. The molecule has 2 rings (SSSR count). The zero-order chi connectivity index (χ0) is 11.0. The van der Waals surface area contributed by atoms with Crippen molar-refractivity contribution >= 4 is 21.9 Å². The zero-order valence-corrected chi connectivity index (χ0v) is 9.91. The lowest BCUT2D eigenvalue weighted by Gasteiger charge is -2.25. The number of hydrogen-bond donors (Lipinski definition) is 1. The summed E-state index contributed by atoms with van der Waals surface area (Å²) in [4.78, 5) is 17.5. The summed E-state index contributed by atoms with van der Waals surface area (Å²) in [6.07, 6.45) is 2.40. The molecule has 0 unspecified atom stereocenters. The summed E-state index contributed by atoms with van der Waals surface area (Å²) >= 11 is 3.23. The second-order valence-electron chi connectivity index (χ2n) is 3.70. The lowest BCUT2D eigenvalue weighted by Crippen LogP contribution is -2.29. The Bertz CT molecular complexity index is 420. The Morgan fingerprint density at radius 1 is 1.67 bits per heavy atom. The molecule has 1 aliphatic rings. The minimum Gasteiger partial charge on any atom is -0.478 e. The van der Waals surface area contributed by atoms with Gasteiger partial charge in [0.25, 0.3) is 0 Å². The summed E-state index contributed by atoms with van der Waals surface area (Å²) in [6, 6.07) is 0. The Kier molecular flexibility index (Phi) is 2.75. The molecule has 0 aromatic carbocycles. The van der Waals surface area contributed by atoms with E-state index in [4.69, 9.17) is 5.11 Å². The third-order valence-electron chi connectivity index (χ3n) is 2.59. The molecule has 0 spiro atoms. The molecule has 1 aliphatic heterocycles. The molecule has 5 heteroatoms. The van der Waals surface area contributed by atoms with Crippen LogP contribution < -0.4 is 0 Å². The van der Waals surface area contributed by atoms with E-state index in [1.807, 2.05) is 7.05 Å². The maximum absolute atomic E-state index is 11.1. The smallest absolute Gasteiger partial charge is 0.337 e.